The Balaban J connectivity index is 1.88. The Morgan fingerprint density at radius 1 is 1.04 bits per heavy atom. The van der Waals surface area contributed by atoms with E-state index in [1.807, 2.05) is 47.1 Å². The Hall–Kier alpha value is -2.62. The summed E-state index contributed by atoms with van der Waals surface area (Å²) in [7, 11) is 0. The van der Waals surface area contributed by atoms with Crippen LogP contribution in [-0.4, -0.2) is 16.2 Å². The molecule has 1 aromatic heterocycles. The summed E-state index contributed by atoms with van der Waals surface area (Å²) in [5.41, 5.74) is 2.06. The van der Waals surface area contributed by atoms with Crippen molar-refractivity contribution < 1.29 is 0 Å². The molecule has 2 unspecified atom stereocenters. The van der Waals surface area contributed by atoms with Crippen LogP contribution in [0.2, 0.25) is 0 Å². The van der Waals surface area contributed by atoms with E-state index in [0.717, 1.165) is 17.9 Å². The fourth-order valence-corrected chi connectivity index (χ4v) is 3.36. The molecule has 0 saturated carbocycles. The fourth-order valence-electron chi connectivity index (χ4n) is 3.36. The van der Waals surface area contributed by atoms with E-state index in [4.69, 9.17) is 4.98 Å². The van der Waals surface area contributed by atoms with Crippen LogP contribution < -0.4 is 10.6 Å². The lowest BCUT2D eigenvalue weighted by Gasteiger charge is -2.29. The van der Waals surface area contributed by atoms with Gasteiger partial charge in [0.2, 0.25) is 0 Å². The van der Waals surface area contributed by atoms with Gasteiger partial charge < -0.3 is 0 Å². The molecule has 0 spiro atoms. The second-order valence-corrected chi connectivity index (χ2v) is 8.24. The third-order valence-corrected chi connectivity index (χ3v) is 5.49. The van der Waals surface area contributed by atoms with Gasteiger partial charge in [0, 0.05) is 5.92 Å². The number of hydrogen-bond acceptors (Lipinski definition) is 3. The SMILES string of the molecule is CC(c1nc2ccccc2c(=O)n1N1CC1c1ccccc1)C(C)(C)C. The number of aromatic nitrogens is 2. The molecule has 0 amide bonds. The second-order valence-electron chi connectivity index (χ2n) is 8.24. The smallest absolute Gasteiger partial charge is 0.280 e. The van der Waals surface area contributed by atoms with Crippen LogP contribution in [0.15, 0.2) is 59.4 Å². The largest absolute Gasteiger partial charge is 0.297 e. The Morgan fingerprint density at radius 3 is 2.38 bits per heavy atom. The molecule has 4 rings (SSSR count). The second kappa shape index (κ2) is 5.97. The molecule has 26 heavy (non-hydrogen) atoms. The van der Waals surface area contributed by atoms with Crippen molar-refractivity contribution in [1.29, 1.82) is 0 Å². The summed E-state index contributed by atoms with van der Waals surface area (Å²) >= 11 is 0. The first-order chi connectivity index (χ1) is 12.4. The van der Waals surface area contributed by atoms with E-state index in [-0.39, 0.29) is 22.9 Å². The monoisotopic (exact) mass is 347 g/mol. The maximum Gasteiger partial charge on any atom is 0.280 e. The minimum absolute atomic E-state index is 0.0158. The van der Waals surface area contributed by atoms with Gasteiger partial charge in [0.25, 0.3) is 5.56 Å². The summed E-state index contributed by atoms with van der Waals surface area (Å²) in [6, 6.07) is 18.2. The molecule has 1 saturated heterocycles. The van der Waals surface area contributed by atoms with Crippen molar-refractivity contribution in [1.82, 2.24) is 9.66 Å². The average molecular weight is 347 g/mol. The molecule has 1 fully saturated rings. The van der Waals surface area contributed by atoms with E-state index < -0.39 is 0 Å². The molecular weight excluding hydrogens is 322 g/mol. The van der Waals surface area contributed by atoms with Gasteiger partial charge in [-0.25, -0.2) is 9.66 Å². The van der Waals surface area contributed by atoms with Gasteiger partial charge >= 0.3 is 0 Å². The standard InChI is InChI=1S/C22H25N3O/c1-15(22(2,3)4)20-23-18-13-9-8-12-17(18)21(26)25(20)24-14-19(24)16-10-6-5-7-11-16/h5-13,15,19H,14H2,1-4H3. The Labute approximate surface area is 154 Å². The van der Waals surface area contributed by atoms with Crippen molar-refractivity contribution in [2.45, 2.75) is 39.7 Å². The van der Waals surface area contributed by atoms with Gasteiger partial charge in [-0.05, 0) is 23.1 Å². The molecule has 0 N–H and O–H groups in total. The Morgan fingerprint density at radius 2 is 1.69 bits per heavy atom. The van der Waals surface area contributed by atoms with Crippen LogP contribution in [0.5, 0.6) is 0 Å². The van der Waals surface area contributed by atoms with Crippen molar-refractivity contribution in [3.05, 3.63) is 76.3 Å². The quantitative estimate of drug-likeness (QED) is 0.665. The summed E-state index contributed by atoms with van der Waals surface area (Å²) < 4.78 is 1.83. The van der Waals surface area contributed by atoms with E-state index in [9.17, 15) is 4.79 Å². The lowest BCUT2D eigenvalue weighted by molar-refractivity contribution is 0.319. The molecule has 1 aliphatic heterocycles. The fraction of sp³-hybridized carbons (Fsp3) is 0.364. The van der Waals surface area contributed by atoms with Crippen LogP contribution in [0.25, 0.3) is 10.9 Å². The number of benzene rings is 2. The first kappa shape index (κ1) is 16.8. The molecule has 0 aliphatic carbocycles. The number of para-hydroxylation sites is 1. The van der Waals surface area contributed by atoms with Crippen molar-refractivity contribution >= 4 is 10.9 Å². The van der Waals surface area contributed by atoms with Crippen molar-refractivity contribution in [2.75, 3.05) is 11.6 Å². The molecule has 1 aliphatic rings. The van der Waals surface area contributed by atoms with Crippen molar-refractivity contribution in [3.8, 4) is 0 Å². The molecule has 2 atom stereocenters. The summed E-state index contributed by atoms with van der Waals surface area (Å²) in [5, 5.41) is 2.81. The molecule has 4 nitrogen and oxygen atoms in total. The van der Waals surface area contributed by atoms with Gasteiger partial charge in [-0.15, -0.1) is 0 Å². The molecule has 4 heteroatoms. The molecule has 134 valence electrons. The predicted molar refractivity (Wildman–Crippen MR) is 106 cm³/mol. The third-order valence-electron chi connectivity index (χ3n) is 5.49. The van der Waals surface area contributed by atoms with E-state index in [0.29, 0.717) is 5.39 Å². The topological polar surface area (TPSA) is 37.9 Å². The van der Waals surface area contributed by atoms with Gasteiger partial charge in [0.1, 0.15) is 5.82 Å². The Bertz CT molecular complexity index is 1000. The Kier molecular flexibility index (Phi) is 3.87. The van der Waals surface area contributed by atoms with Crippen LogP contribution in [0.1, 0.15) is 51.0 Å². The van der Waals surface area contributed by atoms with E-state index in [1.54, 1.807) is 0 Å². The van der Waals surface area contributed by atoms with Crippen LogP contribution in [0.4, 0.5) is 0 Å². The summed E-state index contributed by atoms with van der Waals surface area (Å²) in [6.07, 6.45) is 0. The molecular formula is C22H25N3O. The lowest BCUT2D eigenvalue weighted by Crippen LogP contribution is -2.36. The maximum absolute atomic E-state index is 13.3. The summed E-state index contributed by atoms with van der Waals surface area (Å²) in [6.45, 7) is 9.59. The van der Waals surface area contributed by atoms with Crippen LogP contribution in [0, 0.1) is 5.41 Å². The zero-order chi connectivity index (χ0) is 18.5. The normalized spacial score (nSPS) is 18.2. The first-order valence-corrected chi connectivity index (χ1v) is 9.21. The maximum atomic E-state index is 13.3. The zero-order valence-corrected chi connectivity index (χ0v) is 15.8. The highest BCUT2D eigenvalue weighted by Crippen LogP contribution is 2.37. The number of nitrogens with zero attached hydrogens (tertiary/aromatic N) is 3. The van der Waals surface area contributed by atoms with Gasteiger partial charge in [-0.2, -0.15) is 0 Å². The molecule has 2 heterocycles. The minimum Gasteiger partial charge on any atom is -0.297 e. The van der Waals surface area contributed by atoms with E-state index >= 15 is 0 Å². The zero-order valence-electron chi connectivity index (χ0n) is 15.8. The van der Waals surface area contributed by atoms with Gasteiger partial charge in [0.05, 0.1) is 23.5 Å². The number of hydrogen-bond donors (Lipinski definition) is 0. The molecule has 0 bridgehead atoms. The highest BCUT2D eigenvalue weighted by Gasteiger charge is 2.40. The van der Waals surface area contributed by atoms with E-state index in [1.165, 1.54) is 5.56 Å². The van der Waals surface area contributed by atoms with Gasteiger partial charge in [0.15, 0.2) is 0 Å². The summed E-state index contributed by atoms with van der Waals surface area (Å²) in [5.74, 6) is 0.997. The third kappa shape index (κ3) is 2.79. The van der Waals surface area contributed by atoms with Gasteiger partial charge in [-0.3, -0.25) is 9.80 Å². The van der Waals surface area contributed by atoms with Crippen LogP contribution in [0.3, 0.4) is 0 Å². The van der Waals surface area contributed by atoms with Gasteiger partial charge in [-0.1, -0.05) is 70.2 Å². The number of fused-ring (bicyclic) bond motifs is 1. The summed E-state index contributed by atoms with van der Waals surface area (Å²) in [4.78, 5) is 18.2. The number of rotatable bonds is 3. The predicted octanol–water partition coefficient (Wildman–Crippen LogP) is 4.24. The minimum atomic E-state index is 0.0158. The molecule has 3 aromatic rings. The van der Waals surface area contributed by atoms with Crippen LogP contribution in [-0.2, 0) is 0 Å². The average Bonchev–Trinajstić information content (AvgIpc) is 3.41. The highest BCUT2D eigenvalue weighted by atomic mass is 16.1. The molecule has 0 radical (unpaired) electrons. The van der Waals surface area contributed by atoms with E-state index in [2.05, 4.69) is 44.8 Å². The lowest BCUT2D eigenvalue weighted by atomic mass is 9.81. The van der Waals surface area contributed by atoms with Crippen LogP contribution >= 0.6 is 0 Å². The highest BCUT2D eigenvalue weighted by molar-refractivity contribution is 5.77. The molecule has 2 aromatic carbocycles. The first-order valence-electron chi connectivity index (χ1n) is 9.21. The van der Waals surface area contributed by atoms with Crippen molar-refractivity contribution in [2.24, 2.45) is 5.41 Å². The van der Waals surface area contributed by atoms with Crippen molar-refractivity contribution in [3.63, 3.8) is 0 Å².